The molecule has 0 bridgehead atoms. The minimum Gasteiger partial charge on any atom is -0.595 e. The van der Waals surface area contributed by atoms with E-state index in [-0.39, 0.29) is 16.6 Å². The summed E-state index contributed by atoms with van der Waals surface area (Å²) in [6.45, 7) is 0. The third-order valence-corrected chi connectivity index (χ3v) is 4.96. The average molecular weight is 323 g/mol. The third-order valence-electron chi connectivity index (χ3n) is 3.81. The van der Waals surface area contributed by atoms with Gasteiger partial charge < -0.3 is 5.21 Å². The van der Waals surface area contributed by atoms with Crippen molar-refractivity contribution < 1.29 is 10.4 Å². The molecule has 4 rings (SSSR count). The van der Waals surface area contributed by atoms with Crippen molar-refractivity contribution >= 4 is 42.8 Å². The van der Waals surface area contributed by atoms with Crippen LogP contribution in [-0.2, 0) is 0 Å². The van der Waals surface area contributed by atoms with Crippen molar-refractivity contribution in [2.45, 2.75) is 0 Å². The Balaban J connectivity index is 2.31. The molecule has 6 nitrogen and oxygen atoms in total. The molecule has 2 aromatic carbocycles. The maximum absolute atomic E-state index is 12.9. The van der Waals surface area contributed by atoms with Crippen molar-refractivity contribution in [3.8, 4) is 6.07 Å². The van der Waals surface area contributed by atoms with Gasteiger partial charge in [0.15, 0.2) is 5.69 Å². The molecular weight excluding hydrogens is 314 g/mol. The Kier molecular flexibility index (Phi) is 2.94. The number of nitriles is 1. The van der Waals surface area contributed by atoms with E-state index in [4.69, 9.17) is 5.21 Å². The number of quaternary nitrogens is 1. The van der Waals surface area contributed by atoms with E-state index in [0.29, 0.717) is 15.8 Å². The summed E-state index contributed by atoms with van der Waals surface area (Å²) >= 11 is 1.38. The van der Waals surface area contributed by atoms with Gasteiger partial charge in [-0.1, -0.05) is 12.1 Å². The molecule has 0 aliphatic heterocycles. The number of hydrogen-bond donors (Lipinski definition) is 2. The van der Waals surface area contributed by atoms with Crippen molar-refractivity contribution in [2.24, 2.45) is 0 Å². The lowest BCUT2D eigenvalue weighted by atomic mass is 10.1. The molecule has 0 saturated heterocycles. The van der Waals surface area contributed by atoms with Crippen LogP contribution in [0.1, 0.15) is 5.56 Å². The van der Waals surface area contributed by atoms with Crippen molar-refractivity contribution in [3.05, 3.63) is 63.6 Å². The number of hydrogen-bond acceptors (Lipinski definition) is 5. The van der Waals surface area contributed by atoms with Gasteiger partial charge >= 0.3 is 0 Å². The molecule has 0 fully saturated rings. The van der Waals surface area contributed by atoms with Gasteiger partial charge in [-0.25, -0.2) is 5.21 Å². The molecule has 112 valence electrons. The topological polar surface area (TPSA) is 93.0 Å². The van der Waals surface area contributed by atoms with E-state index in [1.54, 1.807) is 0 Å². The molecule has 2 aromatic heterocycles. The van der Waals surface area contributed by atoms with Gasteiger partial charge in [0.25, 0.3) is 5.56 Å². The second-order valence-electron chi connectivity index (χ2n) is 5.07. The van der Waals surface area contributed by atoms with Crippen molar-refractivity contribution in [1.82, 2.24) is 4.40 Å². The molecule has 7 heteroatoms. The molecule has 0 saturated carbocycles. The van der Waals surface area contributed by atoms with Gasteiger partial charge in [-0.3, -0.25) is 9.20 Å². The fourth-order valence-electron chi connectivity index (χ4n) is 2.77. The summed E-state index contributed by atoms with van der Waals surface area (Å²) in [6, 6.07) is 13.8. The molecule has 2 heterocycles. The quantitative estimate of drug-likeness (QED) is 0.524. The first-order chi connectivity index (χ1) is 11.1. The predicted octanol–water partition coefficient (Wildman–Crippen LogP) is 1.94. The maximum Gasteiger partial charge on any atom is 0.264 e. The van der Waals surface area contributed by atoms with Crippen LogP contribution in [0.25, 0.3) is 25.8 Å². The fourth-order valence-corrected chi connectivity index (χ4v) is 3.92. The third kappa shape index (κ3) is 1.87. The van der Waals surface area contributed by atoms with E-state index in [1.807, 2.05) is 24.3 Å². The predicted molar refractivity (Wildman–Crippen MR) is 87.0 cm³/mol. The second kappa shape index (κ2) is 4.87. The summed E-state index contributed by atoms with van der Waals surface area (Å²) < 4.78 is 2.39. The first-order valence-electron chi connectivity index (χ1n) is 6.75. The van der Waals surface area contributed by atoms with E-state index in [9.17, 15) is 15.3 Å². The first kappa shape index (κ1) is 13.9. The van der Waals surface area contributed by atoms with E-state index < -0.39 is 5.23 Å². The summed E-state index contributed by atoms with van der Waals surface area (Å²) in [4.78, 5) is 13.5. The molecule has 1 unspecified atom stereocenters. The standard InChI is InChI=1S/C16H9N3O3S/c17-8-12-10-6-5-9(19(21)22)7-11(10)15(20)18-13-3-1-2-4-14(13)23-16(12)18/h1-7,19,21H. The number of fused-ring (bicyclic) bond motifs is 4. The number of para-hydroxylation sites is 1. The number of nitrogens with zero attached hydrogens (tertiary/aromatic N) is 2. The van der Waals surface area contributed by atoms with Gasteiger partial charge in [0.2, 0.25) is 0 Å². The van der Waals surface area contributed by atoms with Gasteiger partial charge in [-0.15, -0.1) is 11.3 Å². The normalized spacial score (nSPS) is 12.7. The van der Waals surface area contributed by atoms with Gasteiger partial charge in [0.1, 0.15) is 10.9 Å². The number of nitrogens with one attached hydrogen (secondary N) is 1. The van der Waals surface area contributed by atoms with Crippen molar-refractivity contribution in [3.63, 3.8) is 0 Å². The highest BCUT2D eigenvalue weighted by atomic mass is 32.1. The molecule has 23 heavy (non-hydrogen) atoms. The van der Waals surface area contributed by atoms with Gasteiger partial charge in [-0.05, 0) is 18.2 Å². The molecule has 0 aliphatic carbocycles. The Morgan fingerprint density at radius 2 is 2.00 bits per heavy atom. The Labute approximate surface area is 133 Å². The van der Waals surface area contributed by atoms with Crippen LogP contribution in [0, 0.1) is 16.5 Å². The average Bonchev–Trinajstić information content (AvgIpc) is 2.94. The Morgan fingerprint density at radius 3 is 2.74 bits per heavy atom. The summed E-state index contributed by atoms with van der Waals surface area (Å²) in [5.41, 5.74) is 0.821. The van der Waals surface area contributed by atoms with Gasteiger partial charge in [0.05, 0.1) is 21.2 Å². The summed E-state index contributed by atoms with van der Waals surface area (Å²) in [5.74, 6) is 0. The number of benzene rings is 2. The van der Waals surface area contributed by atoms with E-state index in [2.05, 4.69) is 6.07 Å². The molecule has 0 aliphatic rings. The molecule has 0 radical (unpaired) electrons. The number of aromatic nitrogens is 1. The summed E-state index contributed by atoms with van der Waals surface area (Å²) in [5, 5.41) is 29.5. The lowest BCUT2D eigenvalue weighted by Crippen LogP contribution is -2.99. The number of rotatable bonds is 1. The van der Waals surface area contributed by atoms with Gasteiger partial charge in [0, 0.05) is 17.5 Å². The summed E-state index contributed by atoms with van der Waals surface area (Å²) in [7, 11) is 0. The second-order valence-corrected chi connectivity index (χ2v) is 6.10. The lowest BCUT2D eigenvalue weighted by molar-refractivity contribution is -0.991. The smallest absolute Gasteiger partial charge is 0.264 e. The Hall–Kier alpha value is -2.76. The Bertz CT molecular complexity index is 1180. The summed E-state index contributed by atoms with van der Waals surface area (Å²) in [6.07, 6.45) is 0. The molecule has 1 atom stereocenters. The van der Waals surface area contributed by atoms with Crippen LogP contribution in [0.4, 0.5) is 5.69 Å². The van der Waals surface area contributed by atoms with Crippen LogP contribution < -0.4 is 10.8 Å². The fraction of sp³-hybridized carbons (Fsp3) is 0. The van der Waals surface area contributed by atoms with Crippen LogP contribution in [0.2, 0.25) is 0 Å². The van der Waals surface area contributed by atoms with Crippen LogP contribution in [0.15, 0.2) is 47.3 Å². The zero-order valence-corrected chi connectivity index (χ0v) is 12.4. The van der Waals surface area contributed by atoms with Gasteiger partial charge in [-0.2, -0.15) is 10.5 Å². The van der Waals surface area contributed by atoms with E-state index in [0.717, 1.165) is 10.2 Å². The van der Waals surface area contributed by atoms with Crippen molar-refractivity contribution in [1.29, 1.82) is 5.26 Å². The van der Waals surface area contributed by atoms with Crippen LogP contribution in [-0.4, -0.2) is 9.61 Å². The van der Waals surface area contributed by atoms with Crippen LogP contribution >= 0.6 is 11.3 Å². The largest absolute Gasteiger partial charge is 0.595 e. The molecule has 0 amide bonds. The highest BCUT2D eigenvalue weighted by Crippen LogP contribution is 2.31. The highest BCUT2D eigenvalue weighted by molar-refractivity contribution is 7.24. The molecular formula is C16H9N3O3S. The number of thiazole rings is 1. The molecule has 0 spiro atoms. The lowest BCUT2D eigenvalue weighted by Gasteiger charge is -2.12. The number of pyridine rings is 1. The highest BCUT2D eigenvalue weighted by Gasteiger charge is 2.17. The monoisotopic (exact) mass is 323 g/mol. The zero-order valence-electron chi connectivity index (χ0n) is 11.6. The van der Waals surface area contributed by atoms with E-state index >= 15 is 0 Å². The molecule has 2 N–H and O–H groups in total. The van der Waals surface area contributed by atoms with E-state index in [1.165, 1.54) is 33.9 Å². The van der Waals surface area contributed by atoms with Crippen LogP contribution in [0.5, 0.6) is 0 Å². The van der Waals surface area contributed by atoms with Crippen LogP contribution in [0.3, 0.4) is 0 Å². The SMILES string of the molecule is N#Cc1c2ccc([NH+]([O-])O)cc2c(=O)n2c1sc1ccccc12. The maximum atomic E-state index is 12.9. The zero-order chi connectivity index (χ0) is 16.1. The van der Waals surface area contributed by atoms with Crippen molar-refractivity contribution in [2.75, 3.05) is 0 Å². The first-order valence-corrected chi connectivity index (χ1v) is 7.57. The molecule has 4 aromatic rings. The minimum atomic E-state index is -1.11. The Morgan fingerprint density at radius 1 is 1.22 bits per heavy atom. The minimum absolute atomic E-state index is 0.0259.